The number of nitrogens with two attached hydrogens (primary N) is 1. The minimum Gasteiger partial charge on any atom is -0.494 e. The normalized spacial score (nSPS) is 11.6. The topological polar surface area (TPSA) is 87.9 Å². The van der Waals surface area contributed by atoms with Gasteiger partial charge in [0.2, 0.25) is 0 Å². The molecule has 0 heterocycles. The highest BCUT2D eigenvalue weighted by Gasteiger charge is 2.20. The predicted molar refractivity (Wildman–Crippen MR) is 73.5 cm³/mol. The van der Waals surface area contributed by atoms with Crippen LogP contribution in [0, 0.1) is 0 Å². The number of anilines is 1. The summed E-state index contributed by atoms with van der Waals surface area (Å²) in [6, 6.07) is 4.58. The average Bonchev–Trinajstić information content (AvgIpc) is 2.38. The number of hydrogen-bond acceptors (Lipinski definition) is 6. The van der Waals surface area contributed by atoms with Gasteiger partial charge in [0.05, 0.1) is 18.8 Å². The molecule has 110 valence electrons. The SMILES string of the molecule is CCOC(=O)C(C)OC(=O)c1cc(N)cc(OCC)c1. The van der Waals surface area contributed by atoms with E-state index in [9.17, 15) is 9.59 Å². The van der Waals surface area contributed by atoms with Crippen LogP contribution >= 0.6 is 0 Å². The fraction of sp³-hybridized carbons (Fsp3) is 0.429. The van der Waals surface area contributed by atoms with Crippen LogP contribution < -0.4 is 10.5 Å². The van der Waals surface area contributed by atoms with Crippen LogP contribution in [0.25, 0.3) is 0 Å². The van der Waals surface area contributed by atoms with Gasteiger partial charge in [-0.3, -0.25) is 0 Å². The summed E-state index contributed by atoms with van der Waals surface area (Å²) >= 11 is 0. The minimum atomic E-state index is -0.973. The van der Waals surface area contributed by atoms with E-state index in [0.29, 0.717) is 18.0 Å². The second kappa shape index (κ2) is 7.37. The molecule has 0 aromatic heterocycles. The van der Waals surface area contributed by atoms with Gasteiger partial charge in [0.15, 0.2) is 6.10 Å². The smallest absolute Gasteiger partial charge is 0.347 e. The quantitative estimate of drug-likeness (QED) is 0.631. The highest BCUT2D eigenvalue weighted by atomic mass is 16.6. The highest BCUT2D eigenvalue weighted by molar-refractivity contribution is 5.92. The molecule has 0 aliphatic rings. The van der Waals surface area contributed by atoms with E-state index in [4.69, 9.17) is 19.9 Å². The molecule has 1 aromatic carbocycles. The third-order valence-corrected chi connectivity index (χ3v) is 2.38. The third-order valence-electron chi connectivity index (χ3n) is 2.38. The van der Waals surface area contributed by atoms with Crippen LogP contribution in [0.3, 0.4) is 0 Å². The Balaban J connectivity index is 2.79. The molecule has 0 bridgehead atoms. The Hall–Kier alpha value is -2.24. The van der Waals surface area contributed by atoms with Crippen molar-refractivity contribution in [3.63, 3.8) is 0 Å². The molecule has 20 heavy (non-hydrogen) atoms. The Morgan fingerprint density at radius 1 is 1.20 bits per heavy atom. The van der Waals surface area contributed by atoms with Gasteiger partial charge in [-0.05, 0) is 32.9 Å². The Morgan fingerprint density at radius 2 is 1.90 bits per heavy atom. The van der Waals surface area contributed by atoms with Gasteiger partial charge in [0, 0.05) is 11.8 Å². The number of esters is 2. The second-order valence-electron chi connectivity index (χ2n) is 4.02. The first-order chi connectivity index (χ1) is 9.47. The number of benzene rings is 1. The Morgan fingerprint density at radius 3 is 2.50 bits per heavy atom. The molecule has 0 saturated carbocycles. The summed E-state index contributed by atoms with van der Waals surface area (Å²) in [5.41, 5.74) is 6.29. The number of carbonyl (C=O) groups excluding carboxylic acids is 2. The predicted octanol–water partition coefficient (Wildman–Crippen LogP) is 1.78. The van der Waals surface area contributed by atoms with Gasteiger partial charge in [-0.15, -0.1) is 0 Å². The zero-order valence-corrected chi connectivity index (χ0v) is 11.8. The summed E-state index contributed by atoms with van der Waals surface area (Å²) in [7, 11) is 0. The van der Waals surface area contributed by atoms with Crippen molar-refractivity contribution in [3.8, 4) is 5.75 Å². The number of nitrogen functional groups attached to an aromatic ring is 1. The summed E-state index contributed by atoms with van der Waals surface area (Å²) in [4.78, 5) is 23.3. The maximum absolute atomic E-state index is 11.9. The first-order valence-corrected chi connectivity index (χ1v) is 6.38. The summed E-state index contributed by atoms with van der Waals surface area (Å²) < 4.78 is 15.1. The lowest BCUT2D eigenvalue weighted by atomic mass is 10.2. The number of ether oxygens (including phenoxy) is 3. The lowest BCUT2D eigenvalue weighted by Gasteiger charge is -2.13. The molecule has 0 aliphatic heterocycles. The third kappa shape index (κ3) is 4.46. The van der Waals surface area contributed by atoms with Crippen molar-refractivity contribution in [1.82, 2.24) is 0 Å². The summed E-state index contributed by atoms with van der Waals surface area (Å²) in [6.45, 7) is 5.64. The van der Waals surface area contributed by atoms with Gasteiger partial charge in [0.1, 0.15) is 5.75 Å². The zero-order chi connectivity index (χ0) is 15.1. The number of hydrogen-bond donors (Lipinski definition) is 1. The molecule has 0 saturated heterocycles. The average molecular weight is 281 g/mol. The fourth-order valence-electron chi connectivity index (χ4n) is 1.53. The Kier molecular flexibility index (Phi) is 5.83. The van der Waals surface area contributed by atoms with Crippen LogP contribution in [0.4, 0.5) is 5.69 Å². The van der Waals surface area contributed by atoms with E-state index in [1.165, 1.54) is 19.1 Å². The van der Waals surface area contributed by atoms with Gasteiger partial charge in [0.25, 0.3) is 0 Å². The van der Waals surface area contributed by atoms with E-state index in [1.54, 1.807) is 13.0 Å². The summed E-state index contributed by atoms with van der Waals surface area (Å²) in [5, 5.41) is 0. The standard InChI is InChI=1S/C14H19NO5/c1-4-18-12-7-10(6-11(15)8-12)14(17)20-9(3)13(16)19-5-2/h6-9H,4-5,15H2,1-3H3. The molecule has 6 nitrogen and oxygen atoms in total. The Labute approximate surface area is 117 Å². The molecule has 1 aromatic rings. The minimum absolute atomic E-state index is 0.226. The van der Waals surface area contributed by atoms with Crippen LogP contribution in [-0.4, -0.2) is 31.3 Å². The summed E-state index contributed by atoms with van der Waals surface area (Å²) in [5.74, 6) is -0.767. The van der Waals surface area contributed by atoms with Crippen molar-refractivity contribution in [2.24, 2.45) is 0 Å². The molecule has 2 N–H and O–H groups in total. The van der Waals surface area contributed by atoms with Crippen molar-refractivity contribution in [3.05, 3.63) is 23.8 Å². The van der Waals surface area contributed by atoms with Crippen molar-refractivity contribution in [1.29, 1.82) is 0 Å². The lowest BCUT2D eigenvalue weighted by molar-refractivity contribution is -0.152. The molecule has 0 fully saturated rings. The van der Waals surface area contributed by atoms with E-state index in [0.717, 1.165) is 0 Å². The van der Waals surface area contributed by atoms with Crippen LogP contribution in [-0.2, 0) is 14.3 Å². The Bertz CT molecular complexity index is 486. The molecular weight excluding hydrogens is 262 g/mol. The maximum Gasteiger partial charge on any atom is 0.347 e. The van der Waals surface area contributed by atoms with Crippen LogP contribution in [0.1, 0.15) is 31.1 Å². The lowest BCUT2D eigenvalue weighted by Crippen LogP contribution is -2.26. The van der Waals surface area contributed by atoms with Crippen LogP contribution in [0.2, 0.25) is 0 Å². The highest BCUT2D eigenvalue weighted by Crippen LogP contribution is 2.20. The van der Waals surface area contributed by atoms with Crippen molar-refractivity contribution >= 4 is 17.6 Å². The van der Waals surface area contributed by atoms with Gasteiger partial charge in [-0.2, -0.15) is 0 Å². The summed E-state index contributed by atoms with van der Waals surface area (Å²) in [6.07, 6.45) is -0.973. The van der Waals surface area contributed by atoms with Gasteiger partial charge < -0.3 is 19.9 Å². The maximum atomic E-state index is 11.9. The monoisotopic (exact) mass is 281 g/mol. The molecule has 1 unspecified atom stereocenters. The van der Waals surface area contributed by atoms with E-state index in [2.05, 4.69) is 0 Å². The van der Waals surface area contributed by atoms with Gasteiger partial charge in [-0.25, -0.2) is 9.59 Å². The molecule has 0 amide bonds. The van der Waals surface area contributed by atoms with E-state index in [-0.39, 0.29) is 12.2 Å². The molecule has 0 radical (unpaired) electrons. The number of carbonyl (C=O) groups is 2. The van der Waals surface area contributed by atoms with Gasteiger partial charge >= 0.3 is 11.9 Å². The molecule has 6 heteroatoms. The van der Waals surface area contributed by atoms with Crippen LogP contribution in [0.15, 0.2) is 18.2 Å². The zero-order valence-electron chi connectivity index (χ0n) is 11.8. The van der Waals surface area contributed by atoms with Crippen molar-refractivity contribution in [2.75, 3.05) is 18.9 Å². The molecule has 1 rings (SSSR count). The molecule has 0 aliphatic carbocycles. The van der Waals surface area contributed by atoms with Crippen molar-refractivity contribution in [2.45, 2.75) is 26.9 Å². The van der Waals surface area contributed by atoms with E-state index in [1.807, 2.05) is 6.92 Å². The molecular formula is C14H19NO5. The van der Waals surface area contributed by atoms with Crippen molar-refractivity contribution < 1.29 is 23.8 Å². The first-order valence-electron chi connectivity index (χ1n) is 6.38. The first kappa shape index (κ1) is 15.8. The van der Waals surface area contributed by atoms with E-state index >= 15 is 0 Å². The largest absolute Gasteiger partial charge is 0.494 e. The number of rotatable bonds is 6. The molecule has 1 atom stereocenters. The van der Waals surface area contributed by atoms with E-state index < -0.39 is 18.0 Å². The second-order valence-corrected chi connectivity index (χ2v) is 4.02. The molecule has 0 spiro atoms. The van der Waals surface area contributed by atoms with Crippen LogP contribution in [0.5, 0.6) is 5.75 Å². The van der Waals surface area contributed by atoms with Gasteiger partial charge in [-0.1, -0.05) is 0 Å². The fourth-order valence-corrected chi connectivity index (χ4v) is 1.53.